The smallest absolute Gasteiger partial charge is 0.0454 e. The lowest BCUT2D eigenvalue weighted by atomic mass is 9.85. The zero-order chi connectivity index (χ0) is 12.1. The molecule has 1 aliphatic heterocycles. The van der Waals surface area contributed by atoms with Crippen LogP contribution in [0.2, 0.25) is 0 Å². The van der Waals surface area contributed by atoms with Gasteiger partial charge >= 0.3 is 0 Å². The van der Waals surface area contributed by atoms with Gasteiger partial charge < -0.3 is 5.11 Å². The average Bonchev–Trinajstić information content (AvgIpc) is 2.41. The van der Waals surface area contributed by atoms with Gasteiger partial charge in [-0.15, -0.1) is 0 Å². The van der Waals surface area contributed by atoms with Crippen molar-refractivity contribution in [3.8, 4) is 0 Å². The maximum absolute atomic E-state index is 9.37. The SMILES string of the molecule is CC(CCO)(c1ccccc1)N1CCCCC1. The first-order chi connectivity index (χ1) is 8.27. The molecule has 0 saturated carbocycles. The lowest BCUT2D eigenvalue weighted by Crippen LogP contribution is -2.47. The molecule has 1 aliphatic rings. The molecule has 1 fully saturated rings. The molecular formula is C15H23NO. The number of aliphatic hydroxyl groups excluding tert-OH is 1. The summed E-state index contributed by atoms with van der Waals surface area (Å²) in [6.07, 6.45) is 4.74. The second kappa shape index (κ2) is 5.65. The molecule has 0 amide bonds. The first kappa shape index (κ1) is 12.6. The molecule has 17 heavy (non-hydrogen) atoms. The normalized spacial score (nSPS) is 21.1. The van der Waals surface area contributed by atoms with Crippen LogP contribution in [0.5, 0.6) is 0 Å². The van der Waals surface area contributed by atoms with E-state index >= 15 is 0 Å². The van der Waals surface area contributed by atoms with Crippen LogP contribution < -0.4 is 0 Å². The number of hydrogen-bond donors (Lipinski definition) is 1. The van der Waals surface area contributed by atoms with E-state index in [0.29, 0.717) is 0 Å². The van der Waals surface area contributed by atoms with Crippen LogP contribution in [0.25, 0.3) is 0 Å². The van der Waals surface area contributed by atoms with Crippen LogP contribution in [0.15, 0.2) is 30.3 Å². The van der Waals surface area contributed by atoms with E-state index in [4.69, 9.17) is 0 Å². The number of likely N-dealkylation sites (tertiary alicyclic amines) is 1. The standard InChI is InChI=1S/C15H23NO/c1-15(10-13-17,14-8-4-2-5-9-14)16-11-6-3-7-12-16/h2,4-5,8-9,17H,3,6-7,10-13H2,1H3. The van der Waals surface area contributed by atoms with Gasteiger partial charge in [0.15, 0.2) is 0 Å². The third-order valence-electron chi connectivity index (χ3n) is 4.05. The largest absolute Gasteiger partial charge is 0.396 e. The summed E-state index contributed by atoms with van der Waals surface area (Å²) in [5, 5.41) is 9.37. The van der Waals surface area contributed by atoms with Crippen LogP contribution >= 0.6 is 0 Å². The van der Waals surface area contributed by atoms with Crippen LogP contribution in [0.4, 0.5) is 0 Å². The minimum absolute atomic E-state index is 0.00354. The number of aliphatic hydroxyl groups is 1. The fraction of sp³-hybridized carbons (Fsp3) is 0.600. The summed E-state index contributed by atoms with van der Waals surface area (Å²) < 4.78 is 0. The molecule has 1 aromatic rings. The highest BCUT2D eigenvalue weighted by atomic mass is 16.3. The van der Waals surface area contributed by atoms with Gasteiger partial charge in [0.2, 0.25) is 0 Å². The van der Waals surface area contributed by atoms with E-state index in [1.807, 2.05) is 0 Å². The summed E-state index contributed by atoms with van der Waals surface area (Å²) in [5.74, 6) is 0. The second-order valence-corrected chi connectivity index (χ2v) is 5.16. The lowest BCUT2D eigenvalue weighted by Gasteiger charge is -2.44. The van der Waals surface area contributed by atoms with Crippen molar-refractivity contribution < 1.29 is 5.11 Å². The molecule has 2 heteroatoms. The highest BCUT2D eigenvalue weighted by molar-refractivity contribution is 5.24. The monoisotopic (exact) mass is 233 g/mol. The summed E-state index contributed by atoms with van der Waals surface area (Å²) in [6.45, 7) is 4.84. The van der Waals surface area contributed by atoms with Crippen molar-refractivity contribution in [3.63, 3.8) is 0 Å². The molecule has 0 radical (unpaired) electrons. The Bertz CT molecular complexity index is 332. The zero-order valence-electron chi connectivity index (χ0n) is 10.7. The highest BCUT2D eigenvalue weighted by Crippen LogP contribution is 2.33. The highest BCUT2D eigenvalue weighted by Gasteiger charge is 2.33. The van der Waals surface area contributed by atoms with Crippen molar-refractivity contribution in [3.05, 3.63) is 35.9 Å². The third-order valence-corrected chi connectivity index (χ3v) is 4.05. The van der Waals surface area contributed by atoms with Gasteiger partial charge in [0.25, 0.3) is 0 Å². The van der Waals surface area contributed by atoms with Crippen LogP contribution in [-0.2, 0) is 5.54 Å². The molecule has 0 bridgehead atoms. The van der Waals surface area contributed by atoms with Crippen LogP contribution in [0.1, 0.15) is 38.2 Å². The second-order valence-electron chi connectivity index (χ2n) is 5.16. The maximum atomic E-state index is 9.37. The van der Waals surface area contributed by atoms with Gasteiger partial charge in [0.05, 0.1) is 0 Å². The molecular weight excluding hydrogens is 210 g/mol. The van der Waals surface area contributed by atoms with Gasteiger partial charge in [-0.25, -0.2) is 0 Å². The number of nitrogens with zero attached hydrogens (tertiary/aromatic N) is 1. The predicted molar refractivity (Wildman–Crippen MR) is 70.9 cm³/mol. The van der Waals surface area contributed by atoms with Gasteiger partial charge in [0.1, 0.15) is 0 Å². The van der Waals surface area contributed by atoms with Gasteiger partial charge in [0, 0.05) is 12.1 Å². The van der Waals surface area contributed by atoms with E-state index in [1.165, 1.54) is 24.8 Å². The number of benzene rings is 1. The van der Waals surface area contributed by atoms with E-state index < -0.39 is 0 Å². The van der Waals surface area contributed by atoms with E-state index in [1.54, 1.807) is 0 Å². The zero-order valence-corrected chi connectivity index (χ0v) is 10.7. The van der Waals surface area contributed by atoms with Crippen molar-refractivity contribution in [2.45, 2.75) is 38.1 Å². The third kappa shape index (κ3) is 2.70. The van der Waals surface area contributed by atoms with Crippen LogP contribution in [0, 0.1) is 0 Å². The Morgan fingerprint density at radius 2 is 1.76 bits per heavy atom. The molecule has 1 aromatic carbocycles. The molecule has 1 heterocycles. The fourth-order valence-corrected chi connectivity index (χ4v) is 2.89. The maximum Gasteiger partial charge on any atom is 0.0454 e. The summed E-state index contributed by atoms with van der Waals surface area (Å²) in [5.41, 5.74) is 1.33. The Kier molecular flexibility index (Phi) is 4.19. The quantitative estimate of drug-likeness (QED) is 0.864. The molecule has 0 spiro atoms. The number of hydrogen-bond acceptors (Lipinski definition) is 2. The average molecular weight is 233 g/mol. The van der Waals surface area contributed by atoms with Gasteiger partial charge in [-0.2, -0.15) is 0 Å². The van der Waals surface area contributed by atoms with Crippen molar-refractivity contribution >= 4 is 0 Å². The first-order valence-electron chi connectivity index (χ1n) is 6.69. The minimum Gasteiger partial charge on any atom is -0.396 e. The Balaban J connectivity index is 2.24. The van der Waals surface area contributed by atoms with Crippen LogP contribution in [-0.4, -0.2) is 29.7 Å². The molecule has 1 atom stereocenters. The summed E-state index contributed by atoms with van der Waals surface area (Å²) in [4.78, 5) is 2.54. The molecule has 1 N–H and O–H groups in total. The van der Waals surface area contributed by atoms with E-state index in [9.17, 15) is 5.11 Å². The molecule has 2 nitrogen and oxygen atoms in total. The summed E-state index contributed by atoms with van der Waals surface area (Å²) in [7, 11) is 0. The Labute approximate surface area is 104 Å². The Hall–Kier alpha value is -0.860. The molecule has 1 saturated heterocycles. The van der Waals surface area contributed by atoms with Crippen molar-refractivity contribution in [2.24, 2.45) is 0 Å². The van der Waals surface area contributed by atoms with Crippen LogP contribution in [0.3, 0.4) is 0 Å². The Morgan fingerprint density at radius 1 is 1.12 bits per heavy atom. The lowest BCUT2D eigenvalue weighted by molar-refractivity contribution is 0.0545. The first-order valence-corrected chi connectivity index (χ1v) is 6.69. The van der Waals surface area contributed by atoms with E-state index in [2.05, 4.69) is 42.2 Å². The van der Waals surface area contributed by atoms with Crippen molar-refractivity contribution in [1.82, 2.24) is 4.90 Å². The Morgan fingerprint density at radius 3 is 2.35 bits per heavy atom. The fourth-order valence-electron chi connectivity index (χ4n) is 2.89. The molecule has 0 aliphatic carbocycles. The van der Waals surface area contributed by atoms with Gasteiger partial charge in [-0.3, -0.25) is 4.90 Å². The number of piperidine rings is 1. The molecule has 1 unspecified atom stereocenters. The van der Waals surface area contributed by atoms with Gasteiger partial charge in [-0.05, 0) is 44.8 Å². The summed E-state index contributed by atoms with van der Waals surface area (Å²) in [6, 6.07) is 10.6. The molecule has 2 rings (SSSR count). The van der Waals surface area contributed by atoms with E-state index in [0.717, 1.165) is 19.5 Å². The molecule has 94 valence electrons. The van der Waals surface area contributed by atoms with Gasteiger partial charge in [-0.1, -0.05) is 36.8 Å². The minimum atomic E-state index is -0.00354. The van der Waals surface area contributed by atoms with Crippen molar-refractivity contribution in [1.29, 1.82) is 0 Å². The molecule has 0 aromatic heterocycles. The number of rotatable bonds is 4. The predicted octanol–water partition coefficient (Wildman–Crippen LogP) is 2.77. The van der Waals surface area contributed by atoms with E-state index in [-0.39, 0.29) is 12.1 Å². The topological polar surface area (TPSA) is 23.5 Å². The van der Waals surface area contributed by atoms with Crippen molar-refractivity contribution in [2.75, 3.05) is 19.7 Å². The summed E-state index contributed by atoms with van der Waals surface area (Å²) >= 11 is 0.